The van der Waals surface area contributed by atoms with Crippen LogP contribution in [0, 0.1) is 0 Å². The molecule has 4 aromatic rings. The average molecular weight is 351 g/mol. The average Bonchev–Trinajstić information content (AvgIpc) is 3.23. The summed E-state index contributed by atoms with van der Waals surface area (Å²) in [6, 6.07) is 27.1. The fraction of sp³-hybridized carbons (Fsp3) is 0. The Kier molecular flexibility index (Phi) is 4.70. The molecule has 0 bridgehead atoms. The maximum absolute atomic E-state index is 12.4. The van der Waals surface area contributed by atoms with Gasteiger partial charge in [-0.05, 0) is 35.9 Å². The highest BCUT2D eigenvalue weighted by molar-refractivity contribution is 6.06. The smallest absolute Gasteiger partial charge is 0.185 e. The van der Waals surface area contributed by atoms with E-state index in [1.807, 2.05) is 91.0 Å². The van der Waals surface area contributed by atoms with Crippen LogP contribution >= 0.6 is 0 Å². The van der Waals surface area contributed by atoms with Gasteiger partial charge in [0.05, 0.1) is 17.6 Å². The number of allylic oxidation sites excluding steroid dienone is 1. The SMILES string of the molecule is O=C(C=Cc1ccccc1)c1ccc(-n2nncc2-c2ccccc2)cc1. The quantitative estimate of drug-likeness (QED) is 0.382. The lowest BCUT2D eigenvalue weighted by Crippen LogP contribution is -2.01. The Balaban J connectivity index is 1.56. The second-order valence-electron chi connectivity index (χ2n) is 6.05. The Hall–Kier alpha value is -3.79. The van der Waals surface area contributed by atoms with Gasteiger partial charge in [0.2, 0.25) is 0 Å². The number of aromatic nitrogens is 3. The maximum Gasteiger partial charge on any atom is 0.185 e. The summed E-state index contributed by atoms with van der Waals surface area (Å²) in [7, 11) is 0. The predicted molar refractivity (Wildman–Crippen MR) is 107 cm³/mol. The van der Waals surface area contributed by atoms with Crippen molar-refractivity contribution in [2.45, 2.75) is 0 Å². The summed E-state index contributed by atoms with van der Waals surface area (Å²) in [5.41, 5.74) is 4.42. The molecule has 4 nitrogen and oxygen atoms in total. The first-order valence-corrected chi connectivity index (χ1v) is 8.65. The molecule has 0 aliphatic heterocycles. The van der Waals surface area contributed by atoms with Crippen molar-refractivity contribution in [2.24, 2.45) is 0 Å². The van der Waals surface area contributed by atoms with Crippen LogP contribution in [0.3, 0.4) is 0 Å². The molecule has 0 unspecified atom stereocenters. The number of rotatable bonds is 5. The van der Waals surface area contributed by atoms with Crippen molar-refractivity contribution >= 4 is 11.9 Å². The first-order chi connectivity index (χ1) is 13.3. The van der Waals surface area contributed by atoms with Gasteiger partial charge in [-0.2, -0.15) is 0 Å². The monoisotopic (exact) mass is 351 g/mol. The van der Waals surface area contributed by atoms with E-state index in [1.165, 1.54) is 0 Å². The van der Waals surface area contributed by atoms with Crippen molar-refractivity contribution in [1.82, 2.24) is 15.0 Å². The molecule has 0 aliphatic rings. The van der Waals surface area contributed by atoms with Gasteiger partial charge >= 0.3 is 0 Å². The van der Waals surface area contributed by atoms with E-state index in [1.54, 1.807) is 17.0 Å². The number of hydrogen-bond donors (Lipinski definition) is 0. The standard InChI is InChI=1S/C23H17N3O/c27-23(16-11-18-7-3-1-4-8-18)20-12-14-21(15-13-20)26-22(17-24-25-26)19-9-5-2-6-10-19/h1-17H. The summed E-state index contributed by atoms with van der Waals surface area (Å²) in [6.45, 7) is 0. The zero-order chi connectivity index (χ0) is 18.5. The molecule has 3 aromatic carbocycles. The molecule has 0 fully saturated rings. The minimum atomic E-state index is -0.0349. The molecule has 0 N–H and O–H groups in total. The predicted octanol–water partition coefficient (Wildman–Crippen LogP) is 4.83. The fourth-order valence-electron chi connectivity index (χ4n) is 2.83. The minimum absolute atomic E-state index is 0.0349. The van der Waals surface area contributed by atoms with Gasteiger partial charge in [-0.1, -0.05) is 72.0 Å². The van der Waals surface area contributed by atoms with Crippen molar-refractivity contribution in [3.63, 3.8) is 0 Å². The van der Waals surface area contributed by atoms with Gasteiger partial charge in [0.25, 0.3) is 0 Å². The van der Waals surface area contributed by atoms with E-state index in [9.17, 15) is 4.79 Å². The van der Waals surface area contributed by atoms with Crippen molar-refractivity contribution in [3.8, 4) is 16.9 Å². The van der Waals surface area contributed by atoms with E-state index in [-0.39, 0.29) is 5.78 Å². The van der Waals surface area contributed by atoms with E-state index < -0.39 is 0 Å². The lowest BCUT2D eigenvalue weighted by atomic mass is 10.1. The molecule has 0 spiro atoms. The summed E-state index contributed by atoms with van der Waals surface area (Å²) >= 11 is 0. The summed E-state index contributed by atoms with van der Waals surface area (Å²) < 4.78 is 1.77. The van der Waals surface area contributed by atoms with Gasteiger partial charge in [0.15, 0.2) is 5.78 Å². The fourth-order valence-corrected chi connectivity index (χ4v) is 2.83. The largest absolute Gasteiger partial charge is 0.289 e. The van der Waals surface area contributed by atoms with E-state index in [2.05, 4.69) is 10.3 Å². The molecule has 0 aliphatic carbocycles. The van der Waals surface area contributed by atoms with Gasteiger partial charge in [0, 0.05) is 11.1 Å². The molecule has 0 radical (unpaired) electrons. The number of hydrogen-bond acceptors (Lipinski definition) is 3. The third kappa shape index (κ3) is 3.75. The number of nitrogens with zero attached hydrogens (tertiary/aromatic N) is 3. The number of carbonyl (C=O) groups is 1. The Labute approximate surface area is 157 Å². The van der Waals surface area contributed by atoms with Crippen LogP contribution in [0.5, 0.6) is 0 Å². The Morgan fingerprint density at radius 2 is 1.48 bits per heavy atom. The molecule has 1 heterocycles. The van der Waals surface area contributed by atoms with Crippen LogP contribution in [-0.4, -0.2) is 20.8 Å². The van der Waals surface area contributed by atoms with Crippen molar-refractivity contribution in [3.05, 3.63) is 108 Å². The Morgan fingerprint density at radius 3 is 2.19 bits per heavy atom. The topological polar surface area (TPSA) is 47.8 Å². The van der Waals surface area contributed by atoms with Gasteiger partial charge in [-0.25, -0.2) is 4.68 Å². The zero-order valence-corrected chi connectivity index (χ0v) is 14.6. The van der Waals surface area contributed by atoms with E-state index >= 15 is 0 Å². The third-order valence-electron chi connectivity index (χ3n) is 4.24. The second kappa shape index (κ2) is 7.62. The lowest BCUT2D eigenvalue weighted by Gasteiger charge is -2.07. The minimum Gasteiger partial charge on any atom is -0.289 e. The Bertz CT molecular complexity index is 1070. The van der Waals surface area contributed by atoms with Crippen LogP contribution in [0.4, 0.5) is 0 Å². The van der Waals surface area contributed by atoms with Gasteiger partial charge in [-0.3, -0.25) is 4.79 Å². The van der Waals surface area contributed by atoms with Crippen molar-refractivity contribution in [1.29, 1.82) is 0 Å². The molecular formula is C23H17N3O. The maximum atomic E-state index is 12.4. The summed E-state index contributed by atoms with van der Waals surface area (Å²) in [4.78, 5) is 12.4. The number of ketones is 1. The van der Waals surface area contributed by atoms with Crippen LogP contribution in [0.1, 0.15) is 15.9 Å². The molecule has 130 valence electrons. The molecule has 0 amide bonds. The second-order valence-corrected chi connectivity index (χ2v) is 6.05. The first-order valence-electron chi connectivity index (χ1n) is 8.65. The summed E-state index contributed by atoms with van der Waals surface area (Å²) in [5, 5.41) is 8.21. The lowest BCUT2D eigenvalue weighted by molar-refractivity contribution is 0.104. The van der Waals surface area contributed by atoms with Gasteiger partial charge in [0.1, 0.15) is 0 Å². The molecular weight excluding hydrogens is 334 g/mol. The molecule has 0 atom stereocenters. The molecule has 1 aromatic heterocycles. The molecule has 4 heteroatoms. The molecule has 0 saturated carbocycles. The summed E-state index contributed by atoms with van der Waals surface area (Å²) in [6.07, 6.45) is 5.15. The highest BCUT2D eigenvalue weighted by Gasteiger charge is 2.09. The van der Waals surface area contributed by atoms with Crippen LogP contribution in [0.15, 0.2) is 97.2 Å². The van der Waals surface area contributed by atoms with Crippen LogP contribution in [0.2, 0.25) is 0 Å². The van der Waals surface area contributed by atoms with Crippen molar-refractivity contribution in [2.75, 3.05) is 0 Å². The van der Waals surface area contributed by atoms with Crippen LogP contribution < -0.4 is 0 Å². The molecule has 27 heavy (non-hydrogen) atoms. The van der Waals surface area contributed by atoms with Crippen molar-refractivity contribution < 1.29 is 4.79 Å². The molecule has 4 rings (SSSR count). The Morgan fingerprint density at radius 1 is 0.815 bits per heavy atom. The highest BCUT2D eigenvalue weighted by Crippen LogP contribution is 2.21. The van der Waals surface area contributed by atoms with Crippen LogP contribution in [-0.2, 0) is 0 Å². The summed E-state index contributed by atoms with van der Waals surface area (Å²) in [5.74, 6) is -0.0349. The highest BCUT2D eigenvalue weighted by atomic mass is 16.1. The van der Waals surface area contributed by atoms with Gasteiger partial charge in [-0.15, -0.1) is 5.10 Å². The van der Waals surface area contributed by atoms with Gasteiger partial charge < -0.3 is 0 Å². The zero-order valence-electron chi connectivity index (χ0n) is 14.6. The third-order valence-corrected chi connectivity index (χ3v) is 4.24. The normalized spacial score (nSPS) is 11.0. The van der Waals surface area contributed by atoms with Crippen LogP contribution in [0.25, 0.3) is 23.0 Å². The first kappa shape index (κ1) is 16.7. The van der Waals surface area contributed by atoms with E-state index in [0.29, 0.717) is 5.56 Å². The van der Waals surface area contributed by atoms with E-state index in [0.717, 1.165) is 22.5 Å². The number of benzene rings is 3. The molecule has 0 saturated heterocycles. The number of carbonyl (C=O) groups excluding carboxylic acids is 1. The van der Waals surface area contributed by atoms with E-state index in [4.69, 9.17) is 0 Å².